The van der Waals surface area contributed by atoms with E-state index in [1.165, 1.54) is 96.3 Å². The van der Waals surface area contributed by atoms with Crippen LogP contribution in [0.15, 0.2) is 0 Å². The van der Waals surface area contributed by atoms with Crippen molar-refractivity contribution in [3.8, 4) is 0 Å². The Morgan fingerprint density at radius 2 is 1.29 bits per heavy atom. The molecule has 0 aliphatic heterocycles. The molecular formula is C28H56O5PS+. The van der Waals surface area contributed by atoms with E-state index < -0.39 is 20.0 Å². The summed E-state index contributed by atoms with van der Waals surface area (Å²) in [6.45, 7) is 8.51. The lowest BCUT2D eigenvalue weighted by molar-refractivity contribution is -0.217. The number of unbranched alkanes of at least 4 members (excludes halogenated alkanes) is 14. The van der Waals surface area contributed by atoms with E-state index in [0.29, 0.717) is 6.42 Å². The van der Waals surface area contributed by atoms with Gasteiger partial charge in [-0.25, -0.2) is 4.79 Å². The minimum Gasteiger partial charge on any atom is -0.474 e. The molecule has 208 valence electrons. The number of carboxylic acids is 1. The Morgan fingerprint density at radius 3 is 1.74 bits per heavy atom. The summed E-state index contributed by atoms with van der Waals surface area (Å²) in [7, 11) is -1.20. The number of hydrogen-bond donors (Lipinski definition) is 1. The van der Waals surface area contributed by atoms with Crippen LogP contribution in [0.25, 0.3) is 0 Å². The largest absolute Gasteiger partial charge is 0.474 e. The van der Waals surface area contributed by atoms with Gasteiger partial charge in [0.25, 0.3) is 0 Å². The SMILES string of the molecule is CCCCCCCCCCCCSC(CCCCCCCC)C(C)OC(OCCC)([PH+]=O)C(=O)O. The van der Waals surface area contributed by atoms with Crippen LogP contribution in [0.1, 0.15) is 143 Å². The number of thioether (sulfide) groups is 1. The van der Waals surface area contributed by atoms with Gasteiger partial charge in [-0.15, -0.1) is 0 Å². The number of hydrogen-bond acceptors (Lipinski definition) is 5. The maximum absolute atomic E-state index is 11.9. The van der Waals surface area contributed by atoms with E-state index in [4.69, 9.17) is 9.47 Å². The molecule has 0 saturated carbocycles. The van der Waals surface area contributed by atoms with Crippen molar-refractivity contribution in [2.75, 3.05) is 12.4 Å². The Labute approximate surface area is 222 Å². The van der Waals surface area contributed by atoms with E-state index in [1.54, 1.807) is 0 Å². The first kappa shape index (κ1) is 34.8. The fourth-order valence-corrected chi connectivity index (χ4v) is 6.05. The molecule has 0 radical (unpaired) electrons. The minimum atomic E-state index is -2.05. The Balaban J connectivity index is 4.60. The fourth-order valence-electron chi connectivity index (χ4n) is 4.23. The molecule has 0 aliphatic rings. The molecule has 1 N–H and O–H groups in total. The van der Waals surface area contributed by atoms with E-state index >= 15 is 0 Å². The van der Waals surface area contributed by atoms with Gasteiger partial charge in [0.1, 0.15) is 0 Å². The molecule has 0 heterocycles. The highest BCUT2D eigenvalue weighted by Gasteiger charge is 2.53. The third-order valence-corrected chi connectivity index (χ3v) is 8.79. The smallest absolute Gasteiger partial charge is 0.472 e. The van der Waals surface area contributed by atoms with Crippen LogP contribution in [0, 0.1) is 0 Å². The zero-order valence-electron chi connectivity index (χ0n) is 23.3. The van der Waals surface area contributed by atoms with Gasteiger partial charge < -0.3 is 9.84 Å². The Bertz CT molecular complexity index is 508. The van der Waals surface area contributed by atoms with Gasteiger partial charge in [0.2, 0.25) is 0 Å². The molecule has 7 heteroatoms. The van der Waals surface area contributed by atoms with Crippen LogP contribution >= 0.6 is 20.2 Å². The summed E-state index contributed by atoms with van der Waals surface area (Å²) in [5.41, 5.74) is -2.05. The number of ether oxygens (including phenoxy) is 2. The lowest BCUT2D eigenvalue weighted by Crippen LogP contribution is -2.44. The van der Waals surface area contributed by atoms with Gasteiger partial charge in [0.05, 0.1) is 12.7 Å². The number of rotatable bonds is 27. The second-order valence-electron chi connectivity index (χ2n) is 9.84. The Hall–Kier alpha value is -0.160. The van der Waals surface area contributed by atoms with Crippen LogP contribution < -0.4 is 0 Å². The number of carbonyl (C=O) groups is 1. The predicted octanol–water partition coefficient (Wildman–Crippen LogP) is 9.35. The molecule has 0 fully saturated rings. The fraction of sp³-hybridized carbons (Fsp3) is 0.964. The second kappa shape index (κ2) is 24.2. The number of carboxylic acid groups (broad SMARTS) is 1. The Kier molecular flexibility index (Phi) is 24.1. The third-order valence-electron chi connectivity index (χ3n) is 6.47. The van der Waals surface area contributed by atoms with E-state index in [2.05, 4.69) is 13.8 Å². The molecule has 0 aromatic heterocycles. The molecule has 0 spiro atoms. The zero-order chi connectivity index (χ0) is 26.2. The van der Waals surface area contributed by atoms with Crippen LogP contribution in [0.5, 0.6) is 0 Å². The van der Waals surface area contributed by atoms with Crippen LogP contribution in [-0.2, 0) is 18.8 Å². The first-order valence-corrected chi connectivity index (χ1v) is 16.5. The van der Waals surface area contributed by atoms with Gasteiger partial charge in [-0.2, -0.15) is 11.8 Å². The quantitative estimate of drug-likeness (QED) is 0.0641. The molecule has 0 aromatic carbocycles. The van der Waals surface area contributed by atoms with Gasteiger partial charge in [0, 0.05) is 5.25 Å². The van der Waals surface area contributed by atoms with E-state index in [1.807, 2.05) is 25.6 Å². The van der Waals surface area contributed by atoms with Crippen LogP contribution in [0.3, 0.4) is 0 Å². The molecule has 0 aliphatic carbocycles. The maximum atomic E-state index is 11.9. The van der Waals surface area contributed by atoms with Crippen molar-refractivity contribution >= 4 is 26.2 Å². The molecule has 4 atom stereocenters. The standard InChI is InChI=1S/C28H55O5PS/c1-5-8-10-12-14-15-16-17-19-21-24-35-26(22-20-18-13-11-9-6-2)25(4)33-28(34-31,27(29)30)32-23-7-3/h25-26H,5-24H2,1-4H3,(H,29,30)/p+1. The topological polar surface area (TPSA) is 72.8 Å². The first-order valence-electron chi connectivity index (χ1n) is 14.5. The summed E-state index contributed by atoms with van der Waals surface area (Å²) >= 11 is 1.89. The zero-order valence-corrected chi connectivity index (χ0v) is 25.1. The van der Waals surface area contributed by atoms with Crippen LogP contribution in [-0.4, -0.2) is 40.3 Å². The van der Waals surface area contributed by atoms with Crippen molar-refractivity contribution in [3.05, 3.63) is 0 Å². The van der Waals surface area contributed by atoms with Crippen molar-refractivity contribution in [1.29, 1.82) is 0 Å². The highest BCUT2D eigenvalue weighted by atomic mass is 32.2. The average Bonchev–Trinajstić information content (AvgIpc) is 2.85. The van der Waals surface area contributed by atoms with Crippen molar-refractivity contribution < 1.29 is 23.9 Å². The molecule has 0 bridgehead atoms. The normalized spacial score (nSPS) is 15.2. The lowest BCUT2D eigenvalue weighted by atomic mass is 10.1. The molecule has 0 saturated heterocycles. The van der Waals surface area contributed by atoms with Crippen molar-refractivity contribution in [3.63, 3.8) is 0 Å². The molecule has 0 rings (SSSR count). The maximum Gasteiger partial charge on any atom is 0.472 e. The summed E-state index contributed by atoms with van der Waals surface area (Å²) in [5, 5.41) is 9.89. The van der Waals surface area contributed by atoms with Crippen molar-refractivity contribution in [2.24, 2.45) is 0 Å². The highest BCUT2D eigenvalue weighted by Crippen LogP contribution is 2.33. The van der Waals surface area contributed by atoms with E-state index in [9.17, 15) is 14.5 Å². The van der Waals surface area contributed by atoms with Gasteiger partial charge in [-0.3, -0.25) is 4.74 Å². The highest BCUT2D eigenvalue weighted by molar-refractivity contribution is 7.99. The lowest BCUT2D eigenvalue weighted by Gasteiger charge is -2.28. The van der Waals surface area contributed by atoms with Gasteiger partial charge in [0.15, 0.2) is 0 Å². The minimum absolute atomic E-state index is 0.181. The molecule has 4 unspecified atom stereocenters. The van der Waals surface area contributed by atoms with Gasteiger partial charge >= 0.3 is 20.0 Å². The third kappa shape index (κ3) is 17.8. The predicted molar refractivity (Wildman–Crippen MR) is 152 cm³/mol. The monoisotopic (exact) mass is 535 g/mol. The second-order valence-corrected chi connectivity index (χ2v) is 12.1. The summed E-state index contributed by atoms with van der Waals surface area (Å²) in [5.74, 6) is -0.246. The average molecular weight is 536 g/mol. The van der Waals surface area contributed by atoms with Crippen molar-refractivity contribution in [2.45, 2.75) is 160 Å². The molecule has 0 amide bonds. The summed E-state index contributed by atoms with van der Waals surface area (Å²) in [4.78, 5) is 11.9. The van der Waals surface area contributed by atoms with Crippen LogP contribution in [0.4, 0.5) is 0 Å². The Morgan fingerprint density at radius 1 is 0.800 bits per heavy atom. The molecule has 0 aromatic rings. The number of aliphatic carboxylic acids is 1. The molecular weight excluding hydrogens is 479 g/mol. The first-order chi connectivity index (χ1) is 17.0. The van der Waals surface area contributed by atoms with E-state index in [0.717, 1.165) is 18.6 Å². The van der Waals surface area contributed by atoms with Crippen molar-refractivity contribution in [1.82, 2.24) is 0 Å². The van der Waals surface area contributed by atoms with E-state index in [-0.39, 0.29) is 18.0 Å². The van der Waals surface area contributed by atoms with Crippen LogP contribution in [0.2, 0.25) is 0 Å². The van der Waals surface area contributed by atoms with Gasteiger partial charge in [-0.05, 0) is 31.9 Å². The summed E-state index contributed by atoms with van der Waals surface area (Å²) in [6, 6.07) is 0. The summed E-state index contributed by atoms with van der Waals surface area (Å²) < 4.78 is 23.2. The summed E-state index contributed by atoms with van der Waals surface area (Å²) in [6.07, 6.45) is 21.9. The molecule has 5 nitrogen and oxygen atoms in total. The molecule has 35 heavy (non-hydrogen) atoms. The van der Waals surface area contributed by atoms with Gasteiger partial charge in [-0.1, -0.05) is 122 Å².